The van der Waals surface area contributed by atoms with Crippen LogP contribution < -0.4 is 5.32 Å². The van der Waals surface area contributed by atoms with Crippen LogP contribution in [0.3, 0.4) is 0 Å². The van der Waals surface area contributed by atoms with Gasteiger partial charge in [-0.05, 0) is 30.6 Å². The van der Waals surface area contributed by atoms with Gasteiger partial charge in [-0.2, -0.15) is 0 Å². The molecule has 1 N–H and O–H groups in total. The third kappa shape index (κ3) is 3.01. The first-order chi connectivity index (χ1) is 8.65. The van der Waals surface area contributed by atoms with Gasteiger partial charge in [0.15, 0.2) is 0 Å². The summed E-state index contributed by atoms with van der Waals surface area (Å²) in [6.45, 7) is 7.69. The van der Waals surface area contributed by atoms with Crippen LogP contribution >= 0.6 is 0 Å². The third-order valence-corrected chi connectivity index (χ3v) is 4.34. The Kier molecular flexibility index (Phi) is 4.20. The van der Waals surface area contributed by atoms with Gasteiger partial charge in [0.2, 0.25) is 0 Å². The van der Waals surface area contributed by atoms with E-state index in [0.717, 1.165) is 18.1 Å². The van der Waals surface area contributed by atoms with Gasteiger partial charge in [0, 0.05) is 18.3 Å². The fourth-order valence-electron chi connectivity index (χ4n) is 2.84. The van der Waals surface area contributed by atoms with Crippen molar-refractivity contribution in [3.63, 3.8) is 0 Å². The first-order valence-electron chi connectivity index (χ1n) is 7.21. The maximum absolute atomic E-state index is 4.33. The highest BCUT2D eigenvalue weighted by molar-refractivity contribution is 5.36. The molecule has 0 aliphatic heterocycles. The van der Waals surface area contributed by atoms with Crippen LogP contribution in [0.5, 0.6) is 0 Å². The quantitative estimate of drug-likeness (QED) is 0.855. The molecule has 3 nitrogen and oxygen atoms in total. The molecule has 0 bridgehead atoms. The van der Waals surface area contributed by atoms with Crippen LogP contribution in [-0.2, 0) is 0 Å². The number of hydrogen-bond donors (Lipinski definition) is 1. The second kappa shape index (κ2) is 5.68. The molecule has 100 valence electrons. The van der Waals surface area contributed by atoms with E-state index < -0.39 is 0 Å². The molecule has 2 rings (SSSR count). The summed E-state index contributed by atoms with van der Waals surface area (Å²) in [6.07, 6.45) is 8.43. The average Bonchev–Trinajstić information content (AvgIpc) is 2.86. The van der Waals surface area contributed by atoms with Gasteiger partial charge in [-0.25, -0.2) is 9.97 Å². The summed E-state index contributed by atoms with van der Waals surface area (Å²) in [5.74, 6) is 1.44. The van der Waals surface area contributed by atoms with E-state index in [2.05, 4.69) is 42.1 Å². The van der Waals surface area contributed by atoms with Crippen molar-refractivity contribution < 1.29 is 0 Å². The van der Waals surface area contributed by atoms with Crippen molar-refractivity contribution in [3.05, 3.63) is 18.1 Å². The second-order valence-corrected chi connectivity index (χ2v) is 5.90. The van der Waals surface area contributed by atoms with Crippen molar-refractivity contribution >= 4 is 5.82 Å². The van der Waals surface area contributed by atoms with E-state index in [1.54, 1.807) is 6.33 Å². The van der Waals surface area contributed by atoms with Crippen molar-refractivity contribution in [1.29, 1.82) is 0 Å². The van der Waals surface area contributed by atoms with Crippen LogP contribution in [0.4, 0.5) is 5.82 Å². The Morgan fingerprint density at radius 1 is 1.28 bits per heavy atom. The number of nitrogens with zero attached hydrogens (tertiary/aromatic N) is 2. The number of nitrogens with one attached hydrogen (secondary N) is 1. The molecular weight excluding hydrogens is 222 g/mol. The molecule has 1 aliphatic rings. The molecule has 1 fully saturated rings. The molecule has 1 saturated carbocycles. The minimum atomic E-state index is 0.458. The monoisotopic (exact) mass is 247 g/mol. The first-order valence-corrected chi connectivity index (χ1v) is 7.21. The molecule has 1 aromatic rings. The Morgan fingerprint density at radius 3 is 2.61 bits per heavy atom. The van der Waals surface area contributed by atoms with Gasteiger partial charge < -0.3 is 5.32 Å². The number of aromatic nitrogens is 2. The van der Waals surface area contributed by atoms with E-state index in [4.69, 9.17) is 0 Å². The van der Waals surface area contributed by atoms with Crippen LogP contribution in [0.1, 0.15) is 64.5 Å². The average molecular weight is 247 g/mol. The SMILES string of the molecule is CCC1(CNc2cc(C(C)C)ncn2)CCCC1. The minimum absolute atomic E-state index is 0.458. The normalized spacial score (nSPS) is 18.2. The Hall–Kier alpha value is -1.12. The molecule has 0 aromatic carbocycles. The minimum Gasteiger partial charge on any atom is -0.369 e. The molecule has 0 spiro atoms. The summed E-state index contributed by atoms with van der Waals surface area (Å²) < 4.78 is 0. The zero-order valence-corrected chi connectivity index (χ0v) is 11.9. The van der Waals surface area contributed by atoms with Crippen molar-refractivity contribution in [2.45, 2.75) is 58.8 Å². The fourth-order valence-corrected chi connectivity index (χ4v) is 2.84. The predicted octanol–water partition coefficient (Wildman–Crippen LogP) is 3.98. The molecular formula is C15H25N3. The van der Waals surface area contributed by atoms with Crippen LogP contribution in [-0.4, -0.2) is 16.5 Å². The van der Waals surface area contributed by atoms with Gasteiger partial charge in [-0.3, -0.25) is 0 Å². The number of anilines is 1. The Morgan fingerprint density at radius 2 is 2.00 bits per heavy atom. The summed E-state index contributed by atoms with van der Waals surface area (Å²) >= 11 is 0. The topological polar surface area (TPSA) is 37.8 Å². The van der Waals surface area contributed by atoms with Gasteiger partial charge >= 0.3 is 0 Å². The number of rotatable bonds is 5. The van der Waals surface area contributed by atoms with Crippen molar-refractivity contribution in [2.75, 3.05) is 11.9 Å². The molecule has 0 unspecified atom stereocenters. The molecule has 1 aromatic heterocycles. The maximum Gasteiger partial charge on any atom is 0.129 e. The third-order valence-electron chi connectivity index (χ3n) is 4.34. The van der Waals surface area contributed by atoms with Crippen molar-refractivity contribution in [1.82, 2.24) is 9.97 Å². The van der Waals surface area contributed by atoms with E-state index in [9.17, 15) is 0 Å². The Bertz CT molecular complexity index is 381. The zero-order valence-electron chi connectivity index (χ0n) is 11.9. The summed E-state index contributed by atoms with van der Waals surface area (Å²) in [6, 6.07) is 2.09. The Balaban J connectivity index is 1.99. The summed E-state index contributed by atoms with van der Waals surface area (Å²) in [4.78, 5) is 8.63. The fraction of sp³-hybridized carbons (Fsp3) is 0.733. The second-order valence-electron chi connectivity index (χ2n) is 5.90. The lowest BCUT2D eigenvalue weighted by Crippen LogP contribution is -2.26. The number of hydrogen-bond acceptors (Lipinski definition) is 3. The van der Waals surface area contributed by atoms with E-state index in [1.807, 2.05) is 0 Å². The van der Waals surface area contributed by atoms with Crippen LogP contribution in [0, 0.1) is 5.41 Å². The smallest absolute Gasteiger partial charge is 0.129 e. The van der Waals surface area contributed by atoms with Gasteiger partial charge in [0.1, 0.15) is 12.1 Å². The van der Waals surface area contributed by atoms with Gasteiger partial charge in [0.05, 0.1) is 0 Å². The van der Waals surface area contributed by atoms with E-state index in [1.165, 1.54) is 32.1 Å². The standard InChI is InChI=1S/C15H25N3/c1-4-15(7-5-6-8-15)10-16-14-9-13(12(2)3)17-11-18-14/h9,11-12H,4-8,10H2,1-3H3,(H,16,17,18). The molecule has 1 aliphatic carbocycles. The largest absolute Gasteiger partial charge is 0.369 e. The van der Waals surface area contributed by atoms with Gasteiger partial charge in [0.25, 0.3) is 0 Å². The summed E-state index contributed by atoms with van der Waals surface area (Å²) in [7, 11) is 0. The lowest BCUT2D eigenvalue weighted by molar-refractivity contribution is 0.306. The van der Waals surface area contributed by atoms with Crippen LogP contribution in [0.25, 0.3) is 0 Å². The highest BCUT2D eigenvalue weighted by atomic mass is 15.0. The molecule has 0 atom stereocenters. The molecule has 0 saturated heterocycles. The van der Waals surface area contributed by atoms with E-state index >= 15 is 0 Å². The summed E-state index contributed by atoms with van der Waals surface area (Å²) in [5.41, 5.74) is 1.62. The van der Waals surface area contributed by atoms with E-state index in [0.29, 0.717) is 11.3 Å². The highest BCUT2D eigenvalue weighted by Gasteiger charge is 2.31. The zero-order chi connectivity index (χ0) is 13.0. The van der Waals surface area contributed by atoms with Crippen molar-refractivity contribution in [3.8, 4) is 0 Å². The predicted molar refractivity (Wildman–Crippen MR) is 75.8 cm³/mol. The molecule has 18 heavy (non-hydrogen) atoms. The maximum atomic E-state index is 4.33. The first kappa shape index (κ1) is 13.3. The van der Waals surface area contributed by atoms with E-state index in [-0.39, 0.29) is 0 Å². The summed E-state index contributed by atoms with van der Waals surface area (Å²) in [5, 5.41) is 3.52. The van der Waals surface area contributed by atoms with Gasteiger partial charge in [-0.1, -0.05) is 33.6 Å². The van der Waals surface area contributed by atoms with Crippen LogP contribution in [0.2, 0.25) is 0 Å². The highest BCUT2D eigenvalue weighted by Crippen LogP contribution is 2.40. The molecule has 0 amide bonds. The van der Waals surface area contributed by atoms with Crippen molar-refractivity contribution in [2.24, 2.45) is 5.41 Å². The molecule has 0 radical (unpaired) electrons. The molecule has 3 heteroatoms. The lowest BCUT2D eigenvalue weighted by atomic mass is 9.83. The lowest BCUT2D eigenvalue weighted by Gasteiger charge is -2.28. The van der Waals surface area contributed by atoms with Gasteiger partial charge in [-0.15, -0.1) is 0 Å². The van der Waals surface area contributed by atoms with Crippen LogP contribution in [0.15, 0.2) is 12.4 Å². The Labute approximate surface area is 110 Å². The molecule has 1 heterocycles.